The number of rotatable bonds is 9. The summed E-state index contributed by atoms with van der Waals surface area (Å²) in [5, 5.41) is 0. The van der Waals surface area contributed by atoms with Crippen LogP contribution in [-0.4, -0.2) is 37.0 Å². The average molecular weight is 274 g/mol. The SMILES string of the molecule is CCCCC(=O)OC(C)COCC(C)OC(C)(C)C. The third-order valence-corrected chi connectivity index (χ3v) is 2.33. The van der Waals surface area contributed by atoms with Gasteiger partial charge in [0.25, 0.3) is 0 Å². The Morgan fingerprint density at radius 3 is 2.21 bits per heavy atom. The van der Waals surface area contributed by atoms with Crippen molar-refractivity contribution in [3.63, 3.8) is 0 Å². The molecule has 0 bridgehead atoms. The highest BCUT2D eigenvalue weighted by Gasteiger charge is 2.16. The summed E-state index contributed by atoms with van der Waals surface area (Å²) in [4.78, 5) is 11.4. The second kappa shape index (κ2) is 9.32. The molecule has 0 saturated heterocycles. The summed E-state index contributed by atoms with van der Waals surface area (Å²) in [6, 6.07) is 0. The summed E-state index contributed by atoms with van der Waals surface area (Å²) >= 11 is 0. The highest BCUT2D eigenvalue weighted by atomic mass is 16.6. The van der Waals surface area contributed by atoms with Crippen LogP contribution in [0.1, 0.15) is 60.8 Å². The second-order valence-electron chi connectivity index (χ2n) is 5.98. The molecule has 0 N–H and O–H groups in total. The minimum absolute atomic E-state index is 0.0305. The third kappa shape index (κ3) is 12.2. The fraction of sp³-hybridized carbons (Fsp3) is 0.933. The van der Waals surface area contributed by atoms with Crippen molar-refractivity contribution < 1.29 is 19.0 Å². The summed E-state index contributed by atoms with van der Waals surface area (Å²) < 4.78 is 16.5. The Hall–Kier alpha value is -0.610. The van der Waals surface area contributed by atoms with Gasteiger partial charge in [0.15, 0.2) is 0 Å². The first-order valence-corrected chi connectivity index (χ1v) is 7.19. The molecular formula is C15H30O4. The molecule has 4 nitrogen and oxygen atoms in total. The summed E-state index contributed by atoms with van der Waals surface area (Å²) in [7, 11) is 0. The maximum Gasteiger partial charge on any atom is 0.306 e. The molecule has 0 spiro atoms. The maximum absolute atomic E-state index is 11.4. The normalized spacial score (nSPS) is 15.1. The number of carbonyl (C=O) groups is 1. The van der Waals surface area contributed by atoms with Crippen molar-refractivity contribution in [2.45, 2.75) is 78.6 Å². The van der Waals surface area contributed by atoms with Crippen molar-refractivity contribution in [3.8, 4) is 0 Å². The zero-order valence-electron chi connectivity index (χ0n) is 13.3. The Labute approximate surface area is 117 Å². The van der Waals surface area contributed by atoms with Crippen LogP contribution in [0, 0.1) is 0 Å². The summed E-state index contributed by atoms with van der Waals surface area (Å²) in [5.41, 5.74) is -0.166. The molecule has 0 aliphatic carbocycles. The van der Waals surface area contributed by atoms with E-state index in [-0.39, 0.29) is 23.8 Å². The molecule has 0 aliphatic rings. The lowest BCUT2D eigenvalue weighted by molar-refractivity contribution is -0.152. The van der Waals surface area contributed by atoms with Gasteiger partial charge in [-0.15, -0.1) is 0 Å². The van der Waals surface area contributed by atoms with E-state index in [9.17, 15) is 4.79 Å². The Morgan fingerprint density at radius 2 is 1.68 bits per heavy atom. The smallest absolute Gasteiger partial charge is 0.306 e. The number of unbranched alkanes of at least 4 members (excludes halogenated alkanes) is 1. The van der Waals surface area contributed by atoms with Crippen molar-refractivity contribution >= 4 is 5.97 Å². The molecule has 0 rings (SSSR count). The molecule has 0 aromatic heterocycles. The predicted octanol–water partition coefficient (Wildman–Crippen LogP) is 3.33. The zero-order chi connectivity index (χ0) is 14.9. The largest absolute Gasteiger partial charge is 0.460 e. The number of esters is 1. The lowest BCUT2D eigenvalue weighted by atomic mass is 10.2. The van der Waals surface area contributed by atoms with E-state index in [4.69, 9.17) is 14.2 Å². The number of hydrogen-bond donors (Lipinski definition) is 0. The Morgan fingerprint density at radius 1 is 1.11 bits per heavy atom. The van der Waals surface area contributed by atoms with Gasteiger partial charge in [0.2, 0.25) is 0 Å². The Bertz CT molecular complexity index is 245. The molecule has 0 aromatic rings. The predicted molar refractivity (Wildman–Crippen MR) is 76.2 cm³/mol. The molecule has 0 amide bonds. The lowest BCUT2D eigenvalue weighted by Crippen LogP contribution is -2.30. The molecule has 0 fully saturated rings. The minimum atomic E-state index is -0.203. The minimum Gasteiger partial charge on any atom is -0.460 e. The van der Waals surface area contributed by atoms with Gasteiger partial charge < -0.3 is 14.2 Å². The van der Waals surface area contributed by atoms with Crippen molar-refractivity contribution in [2.24, 2.45) is 0 Å². The van der Waals surface area contributed by atoms with Gasteiger partial charge in [-0.05, 0) is 41.0 Å². The van der Waals surface area contributed by atoms with E-state index in [1.807, 2.05) is 34.6 Å². The molecule has 0 aromatic carbocycles. The summed E-state index contributed by atoms with van der Waals surface area (Å²) in [5.74, 6) is -0.142. The molecular weight excluding hydrogens is 244 g/mol. The zero-order valence-corrected chi connectivity index (χ0v) is 13.3. The van der Waals surface area contributed by atoms with E-state index < -0.39 is 0 Å². The average Bonchev–Trinajstić information content (AvgIpc) is 2.23. The molecule has 4 heteroatoms. The van der Waals surface area contributed by atoms with E-state index >= 15 is 0 Å². The van der Waals surface area contributed by atoms with Crippen LogP contribution in [0.4, 0.5) is 0 Å². The van der Waals surface area contributed by atoms with Crippen LogP contribution < -0.4 is 0 Å². The number of carbonyl (C=O) groups excluding carboxylic acids is 1. The Balaban J connectivity index is 3.68. The quantitative estimate of drug-likeness (QED) is 0.605. The first-order valence-electron chi connectivity index (χ1n) is 7.19. The van der Waals surface area contributed by atoms with Gasteiger partial charge in [-0.2, -0.15) is 0 Å². The van der Waals surface area contributed by atoms with E-state index in [1.165, 1.54) is 0 Å². The van der Waals surface area contributed by atoms with Crippen molar-refractivity contribution in [1.82, 2.24) is 0 Å². The number of ether oxygens (including phenoxy) is 3. The van der Waals surface area contributed by atoms with Gasteiger partial charge in [0.1, 0.15) is 6.10 Å². The Kier molecular flexibility index (Phi) is 9.02. The fourth-order valence-corrected chi connectivity index (χ4v) is 1.68. The fourth-order valence-electron chi connectivity index (χ4n) is 1.68. The molecule has 2 unspecified atom stereocenters. The lowest BCUT2D eigenvalue weighted by Gasteiger charge is -2.25. The van der Waals surface area contributed by atoms with Gasteiger partial charge >= 0.3 is 5.97 Å². The second-order valence-corrected chi connectivity index (χ2v) is 5.98. The van der Waals surface area contributed by atoms with E-state index in [1.54, 1.807) is 0 Å². The van der Waals surface area contributed by atoms with Crippen LogP contribution in [0.25, 0.3) is 0 Å². The highest BCUT2D eigenvalue weighted by molar-refractivity contribution is 5.69. The van der Waals surface area contributed by atoms with Crippen molar-refractivity contribution in [1.29, 1.82) is 0 Å². The van der Waals surface area contributed by atoms with E-state index in [0.717, 1.165) is 12.8 Å². The molecule has 2 atom stereocenters. The van der Waals surface area contributed by atoms with Crippen molar-refractivity contribution in [2.75, 3.05) is 13.2 Å². The molecule has 0 aliphatic heterocycles. The molecule has 114 valence electrons. The topological polar surface area (TPSA) is 44.8 Å². The monoisotopic (exact) mass is 274 g/mol. The van der Waals surface area contributed by atoms with E-state index in [2.05, 4.69) is 6.92 Å². The molecule has 0 heterocycles. The van der Waals surface area contributed by atoms with Crippen molar-refractivity contribution in [3.05, 3.63) is 0 Å². The van der Waals surface area contributed by atoms with Gasteiger partial charge in [0, 0.05) is 6.42 Å². The van der Waals surface area contributed by atoms with Crippen LogP contribution >= 0.6 is 0 Å². The standard InChI is InChI=1S/C15H30O4/c1-7-8-9-14(16)18-12(2)10-17-11-13(3)19-15(4,5)6/h12-13H,7-11H2,1-6H3. The van der Waals surface area contributed by atoms with Gasteiger partial charge in [-0.1, -0.05) is 13.3 Å². The van der Waals surface area contributed by atoms with Crippen LogP contribution in [0.5, 0.6) is 0 Å². The third-order valence-electron chi connectivity index (χ3n) is 2.33. The van der Waals surface area contributed by atoms with Gasteiger partial charge in [-0.3, -0.25) is 4.79 Å². The summed E-state index contributed by atoms with van der Waals surface area (Å²) in [6.45, 7) is 12.8. The molecule has 0 radical (unpaired) electrons. The van der Waals surface area contributed by atoms with Crippen LogP contribution in [0.15, 0.2) is 0 Å². The summed E-state index contributed by atoms with van der Waals surface area (Å²) in [6.07, 6.45) is 2.20. The van der Waals surface area contributed by atoms with Crippen LogP contribution in [-0.2, 0) is 19.0 Å². The molecule has 19 heavy (non-hydrogen) atoms. The van der Waals surface area contributed by atoms with Crippen LogP contribution in [0.2, 0.25) is 0 Å². The highest BCUT2D eigenvalue weighted by Crippen LogP contribution is 2.11. The van der Waals surface area contributed by atoms with Gasteiger partial charge in [0.05, 0.1) is 24.9 Å². The maximum atomic E-state index is 11.4. The first kappa shape index (κ1) is 18.4. The number of hydrogen-bond acceptors (Lipinski definition) is 4. The van der Waals surface area contributed by atoms with Gasteiger partial charge in [-0.25, -0.2) is 0 Å². The van der Waals surface area contributed by atoms with Crippen LogP contribution in [0.3, 0.4) is 0 Å². The molecule has 0 saturated carbocycles. The van der Waals surface area contributed by atoms with E-state index in [0.29, 0.717) is 19.6 Å². The first-order chi connectivity index (χ1) is 8.74.